The zero-order valence-electron chi connectivity index (χ0n) is 1.65. The van der Waals surface area contributed by atoms with Gasteiger partial charge in [0, 0.05) is 6.92 Å². The molecular formula is C2H3KN. The summed E-state index contributed by atoms with van der Waals surface area (Å²) in [5.74, 6) is 0. The van der Waals surface area contributed by atoms with Crippen LogP contribution in [0.15, 0.2) is 0 Å². The maximum absolute atomic E-state index is 7.21. The van der Waals surface area contributed by atoms with Gasteiger partial charge in [-0.25, -0.2) is 0 Å². The Morgan fingerprint density at radius 3 is 1.75 bits per heavy atom. The van der Waals surface area contributed by atoms with Crippen molar-refractivity contribution in [3.05, 3.63) is 6.92 Å². The molecule has 0 aliphatic heterocycles. The Labute approximate surface area is 68.4 Å². The third-order valence-electron chi connectivity index (χ3n) is 0. The summed E-state index contributed by atoms with van der Waals surface area (Å²) < 4.78 is 0. The van der Waals surface area contributed by atoms with Crippen molar-refractivity contribution in [2.45, 2.75) is 0 Å². The molecule has 0 aliphatic carbocycles. The normalized spacial score (nSPS) is 2.00. The van der Waals surface area contributed by atoms with Crippen LogP contribution in [0.5, 0.6) is 0 Å². The first-order valence-corrected chi connectivity index (χ1v) is 0.577. The van der Waals surface area contributed by atoms with E-state index in [-0.39, 0.29) is 51.4 Å². The van der Waals surface area contributed by atoms with Gasteiger partial charge < -0.3 is 0 Å². The SMILES string of the molecule is [CH2]C#N.[KH]. The van der Waals surface area contributed by atoms with Crippen molar-refractivity contribution in [2.75, 3.05) is 0 Å². The summed E-state index contributed by atoms with van der Waals surface area (Å²) in [5, 5.41) is 7.21. The molecule has 1 nitrogen and oxygen atoms in total. The topological polar surface area (TPSA) is 23.8 Å². The Kier molecular flexibility index (Phi) is 19.9. The maximum atomic E-state index is 7.21. The summed E-state index contributed by atoms with van der Waals surface area (Å²) in [6, 6.07) is 1.50. The van der Waals surface area contributed by atoms with E-state index in [0.29, 0.717) is 0 Å². The first-order valence-electron chi connectivity index (χ1n) is 0.577. The van der Waals surface area contributed by atoms with Crippen molar-refractivity contribution in [2.24, 2.45) is 0 Å². The average Bonchev–Trinajstić information content (AvgIpc) is 0.918. The molecule has 1 radical (unpaired) electrons. The second-order valence-electron chi connectivity index (χ2n) is 0.158. The van der Waals surface area contributed by atoms with Crippen LogP contribution in [0.1, 0.15) is 0 Å². The van der Waals surface area contributed by atoms with Crippen molar-refractivity contribution >= 4 is 51.4 Å². The molecule has 0 rings (SSSR count). The minimum atomic E-state index is 0. The van der Waals surface area contributed by atoms with Crippen LogP contribution in [-0.4, -0.2) is 51.4 Å². The molecule has 4 heavy (non-hydrogen) atoms. The molecule has 0 amide bonds. The van der Waals surface area contributed by atoms with Crippen LogP contribution < -0.4 is 0 Å². The van der Waals surface area contributed by atoms with Gasteiger partial charge in [-0.05, 0) is 0 Å². The molecule has 0 saturated heterocycles. The van der Waals surface area contributed by atoms with Gasteiger partial charge in [0.05, 0.1) is 6.07 Å². The van der Waals surface area contributed by atoms with Crippen molar-refractivity contribution in [1.82, 2.24) is 0 Å². The van der Waals surface area contributed by atoms with Crippen molar-refractivity contribution in [1.29, 1.82) is 5.26 Å². The van der Waals surface area contributed by atoms with Gasteiger partial charge in [0.1, 0.15) is 0 Å². The quantitative estimate of drug-likeness (QED) is 0.366. The Hall–Kier alpha value is 1.13. The van der Waals surface area contributed by atoms with Gasteiger partial charge >= 0.3 is 51.4 Å². The van der Waals surface area contributed by atoms with Crippen LogP contribution in [0.2, 0.25) is 0 Å². The van der Waals surface area contributed by atoms with Gasteiger partial charge in [0.25, 0.3) is 0 Å². The standard InChI is InChI=1S/C2H2N.K.H/c1-2-3;;/h1H2;;. The molecule has 0 aromatic rings. The van der Waals surface area contributed by atoms with Crippen molar-refractivity contribution in [3.63, 3.8) is 0 Å². The van der Waals surface area contributed by atoms with E-state index in [4.69, 9.17) is 5.26 Å². The molecule has 0 spiro atoms. The first-order chi connectivity index (χ1) is 1.41. The van der Waals surface area contributed by atoms with Crippen molar-refractivity contribution in [3.8, 4) is 6.07 Å². The van der Waals surface area contributed by atoms with Crippen LogP contribution in [0.4, 0.5) is 0 Å². The molecule has 0 heterocycles. The molecule has 0 bridgehead atoms. The summed E-state index contributed by atoms with van der Waals surface area (Å²) in [5.41, 5.74) is 0. The van der Waals surface area contributed by atoms with Crippen LogP contribution >= 0.6 is 0 Å². The molecule has 0 aliphatic rings. The molecular weight excluding hydrogens is 77.1 g/mol. The van der Waals surface area contributed by atoms with E-state index in [1.165, 1.54) is 6.07 Å². The molecule has 0 unspecified atom stereocenters. The predicted octanol–water partition coefficient (Wildman–Crippen LogP) is -0.304. The molecule has 0 atom stereocenters. The number of rotatable bonds is 0. The summed E-state index contributed by atoms with van der Waals surface area (Å²) in [6.45, 7) is 2.79. The van der Waals surface area contributed by atoms with E-state index >= 15 is 0 Å². The third-order valence-corrected chi connectivity index (χ3v) is 0. The van der Waals surface area contributed by atoms with Crippen LogP contribution in [-0.2, 0) is 0 Å². The third kappa shape index (κ3) is 11.1. The fraction of sp³-hybridized carbons (Fsp3) is 0. The average molecular weight is 80.2 g/mol. The molecule has 17 valence electrons. The van der Waals surface area contributed by atoms with Gasteiger partial charge in [-0.15, -0.1) is 0 Å². The molecule has 0 aromatic carbocycles. The van der Waals surface area contributed by atoms with E-state index in [9.17, 15) is 0 Å². The Bertz CT molecular complexity index is 27.5. The monoisotopic (exact) mass is 80.0 g/mol. The van der Waals surface area contributed by atoms with E-state index in [1.54, 1.807) is 0 Å². The van der Waals surface area contributed by atoms with Crippen LogP contribution in [0.25, 0.3) is 0 Å². The van der Waals surface area contributed by atoms with E-state index in [1.807, 2.05) is 0 Å². The zero-order chi connectivity index (χ0) is 2.71. The fourth-order valence-corrected chi connectivity index (χ4v) is 0. The Morgan fingerprint density at radius 2 is 1.75 bits per heavy atom. The first kappa shape index (κ1) is 8.93. The van der Waals surface area contributed by atoms with Gasteiger partial charge in [0.15, 0.2) is 0 Å². The van der Waals surface area contributed by atoms with Crippen LogP contribution in [0.3, 0.4) is 0 Å². The molecule has 0 N–H and O–H groups in total. The van der Waals surface area contributed by atoms with Crippen LogP contribution in [0, 0.1) is 18.3 Å². The fourth-order valence-electron chi connectivity index (χ4n) is 0. The molecule has 2 heteroatoms. The van der Waals surface area contributed by atoms with E-state index in [2.05, 4.69) is 6.92 Å². The van der Waals surface area contributed by atoms with Crippen molar-refractivity contribution < 1.29 is 0 Å². The van der Waals surface area contributed by atoms with Gasteiger partial charge in [0.2, 0.25) is 0 Å². The van der Waals surface area contributed by atoms with Gasteiger partial charge in [-0.1, -0.05) is 0 Å². The second-order valence-corrected chi connectivity index (χ2v) is 0.158. The Morgan fingerprint density at radius 1 is 1.75 bits per heavy atom. The van der Waals surface area contributed by atoms with Gasteiger partial charge in [-0.2, -0.15) is 5.26 Å². The number of hydrogen-bond donors (Lipinski definition) is 0. The summed E-state index contributed by atoms with van der Waals surface area (Å²) in [7, 11) is 0. The summed E-state index contributed by atoms with van der Waals surface area (Å²) >= 11 is 0. The zero-order valence-corrected chi connectivity index (χ0v) is 1.65. The number of nitrogens with zero attached hydrogens (tertiary/aromatic N) is 1. The predicted molar refractivity (Wildman–Crippen MR) is 18.1 cm³/mol. The van der Waals surface area contributed by atoms with Gasteiger partial charge in [-0.3, -0.25) is 0 Å². The van der Waals surface area contributed by atoms with E-state index in [0.717, 1.165) is 0 Å². The summed E-state index contributed by atoms with van der Waals surface area (Å²) in [6.07, 6.45) is 0. The Balaban J connectivity index is 0. The summed E-state index contributed by atoms with van der Waals surface area (Å²) in [4.78, 5) is 0. The number of nitriles is 1. The minimum absolute atomic E-state index is 0. The number of hydrogen-bond acceptors (Lipinski definition) is 1. The second kappa shape index (κ2) is 8.92. The molecule has 0 saturated carbocycles. The molecule has 0 fully saturated rings. The van der Waals surface area contributed by atoms with E-state index < -0.39 is 0 Å². The molecule has 0 aromatic heterocycles.